The largest absolute Gasteiger partial charge is 0.493 e. The van der Waals surface area contributed by atoms with Crippen molar-refractivity contribution in [3.05, 3.63) is 99.0 Å². The summed E-state index contributed by atoms with van der Waals surface area (Å²) in [5.41, 5.74) is 6.54. The predicted octanol–water partition coefficient (Wildman–Crippen LogP) is 7.35. The Morgan fingerprint density at radius 3 is 2.06 bits per heavy atom. The zero-order valence-electron chi connectivity index (χ0n) is 26.0. The average molecular weight is 691 g/mol. The lowest BCUT2D eigenvalue weighted by atomic mass is 9.93. The molecule has 1 saturated heterocycles. The van der Waals surface area contributed by atoms with Gasteiger partial charge in [0.1, 0.15) is 17.6 Å². The molecular weight excluding hydrogens is 654 g/mol. The standard InChI is InChI=1S/C34H36Cl2F3N5O3/c1-3-5-27(31(40)45)42-16-18-43(19-17-42)33(46)44-30(22-8-13-25(36)14-9-22)29(21-6-11-24(35)12-7-21)41-32(44)26-15-10-23(34(37,38)39)20-28(26)47-4-2/h6-15,20,27,29-30H,3-5,16-19H2,1-2H3,(H2,40,45). The molecule has 0 aliphatic carbocycles. The maximum atomic E-state index is 14.7. The number of primary amides is 1. The number of aliphatic imine (C=N–C) groups is 1. The molecule has 5 rings (SSSR count). The highest BCUT2D eigenvalue weighted by molar-refractivity contribution is 6.30. The molecule has 0 radical (unpaired) electrons. The lowest BCUT2D eigenvalue weighted by molar-refractivity contribution is -0.137. The van der Waals surface area contributed by atoms with Crippen molar-refractivity contribution in [2.45, 2.75) is 51.0 Å². The van der Waals surface area contributed by atoms with Crippen LogP contribution in [0.2, 0.25) is 10.0 Å². The summed E-state index contributed by atoms with van der Waals surface area (Å²) >= 11 is 12.5. The summed E-state index contributed by atoms with van der Waals surface area (Å²) in [6, 6.07) is 15.2. The minimum Gasteiger partial charge on any atom is -0.493 e. The minimum atomic E-state index is -4.60. The zero-order chi connectivity index (χ0) is 33.9. The summed E-state index contributed by atoms with van der Waals surface area (Å²) in [6.07, 6.45) is -3.21. The van der Waals surface area contributed by atoms with Crippen LogP contribution in [-0.2, 0) is 11.0 Å². The Labute approximate surface area is 281 Å². The van der Waals surface area contributed by atoms with E-state index in [-0.39, 0.29) is 29.8 Å². The van der Waals surface area contributed by atoms with Crippen LogP contribution in [0.5, 0.6) is 5.75 Å². The van der Waals surface area contributed by atoms with Crippen molar-refractivity contribution >= 4 is 41.0 Å². The van der Waals surface area contributed by atoms with Crippen LogP contribution in [0.25, 0.3) is 0 Å². The minimum absolute atomic E-state index is 0.0424. The second-order valence-electron chi connectivity index (χ2n) is 11.5. The highest BCUT2D eigenvalue weighted by Gasteiger charge is 2.45. The van der Waals surface area contributed by atoms with Gasteiger partial charge < -0.3 is 15.4 Å². The average Bonchev–Trinajstić information content (AvgIpc) is 3.44. The first-order valence-corrected chi connectivity index (χ1v) is 16.2. The molecule has 2 N–H and O–H groups in total. The van der Waals surface area contributed by atoms with E-state index in [9.17, 15) is 22.8 Å². The number of amides is 3. The second-order valence-corrected chi connectivity index (χ2v) is 12.3. The molecule has 3 aromatic rings. The van der Waals surface area contributed by atoms with Crippen LogP contribution in [0.3, 0.4) is 0 Å². The van der Waals surface area contributed by atoms with Gasteiger partial charge in [0.15, 0.2) is 0 Å². The number of benzene rings is 3. The molecule has 2 aliphatic rings. The van der Waals surface area contributed by atoms with E-state index in [1.165, 1.54) is 6.07 Å². The van der Waals surface area contributed by atoms with Gasteiger partial charge in [0.05, 0.1) is 29.8 Å². The third-order valence-electron chi connectivity index (χ3n) is 8.46. The van der Waals surface area contributed by atoms with Crippen molar-refractivity contribution in [3.8, 4) is 5.75 Å². The van der Waals surface area contributed by atoms with E-state index >= 15 is 0 Å². The summed E-state index contributed by atoms with van der Waals surface area (Å²) in [6.45, 7) is 5.22. The van der Waals surface area contributed by atoms with Gasteiger partial charge in [-0.3, -0.25) is 19.6 Å². The topological polar surface area (TPSA) is 91.5 Å². The lowest BCUT2D eigenvalue weighted by Gasteiger charge is -2.41. The Morgan fingerprint density at radius 1 is 0.936 bits per heavy atom. The lowest BCUT2D eigenvalue weighted by Crippen LogP contribution is -2.57. The Hall–Kier alpha value is -3.80. The van der Waals surface area contributed by atoms with Gasteiger partial charge in [-0.2, -0.15) is 13.2 Å². The molecule has 13 heteroatoms. The third kappa shape index (κ3) is 7.52. The van der Waals surface area contributed by atoms with Crippen LogP contribution >= 0.6 is 23.2 Å². The maximum Gasteiger partial charge on any atom is 0.416 e. The third-order valence-corrected chi connectivity index (χ3v) is 8.97. The van der Waals surface area contributed by atoms with Crippen molar-refractivity contribution in [3.63, 3.8) is 0 Å². The fourth-order valence-corrected chi connectivity index (χ4v) is 6.42. The number of piperazine rings is 1. The number of hydrogen-bond acceptors (Lipinski definition) is 5. The van der Waals surface area contributed by atoms with Crippen molar-refractivity contribution in [2.24, 2.45) is 10.7 Å². The van der Waals surface area contributed by atoms with Crippen LogP contribution < -0.4 is 10.5 Å². The molecule has 0 saturated carbocycles. The Balaban J connectivity index is 1.61. The Morgan fingerprint density at radius 2 is 1.53 bits per heavy atom. The van der Waals surface area contributed by atoms with Crippen LogP contribution in [0.1, 0.15) is 61.0 Å². The number of amidine groups is 1. The SMILES string of the molecule is CCCC(C(N)=O)N1CCN(C(=O)N2C(c3ccc(C(F)(F)F)cc3OCC)=NC(c3ccc(Cl)cc3)C2c2ccc(Cl)cc2)CC1. The molecule has 2 heterocycles. The number of rotatable bonds is 9. The number of ether oxygens (including phenoxy) is 1. The molecule has 3 amide bonds. The zero-order valence-corrected chi connectivity index (χ0v) is 27.5. The summed E-state index contributed by atoms with van der Waals surface area (Å²) < 4.78 is 47.1. The van der Waals surface area contributed by atoms with Gasteiger partial charge in [0, 0.05) is 36.2 Å². The summed E-state index contributed by atoms with van der Waals surface area (Å²) in [5.74, 6) is -0.269. The molecule has 0 spiro atoms. The Bertz CT molecular complexity index is 1610. The van der Waals surface area contributed by atoms with Crippen molar-refractivity contribution in [1.29, 1.82) is 0 Å². The van der Waals surface area contributed by atoms with Crippen molar-refractivity contribution in [1.82, 2.24) is 14.7 Å². The molecule has 0 aromatic heterocycles. The fraction of sp³-hybridized carbons (Fsp3) is 0.382. The summed E-state index contributed by atoms with van der Waals surface area (Å²) in [5, 5.41) is 1.02. The highest BCUT2D eigenvalue weighted by Crippen LogP contribution is 2.46. The predicted molar refractivity (Wildman–Crippen MR) is 176 cm³/mol. The number of carbonyl (C=O) groups excluding carboxylic acids is 2. The maximum absolute atomic E-state index is 14.7. The number of carbonyl (C=O) groups is 2. The molecule has 1 fully saturated rings. The molecule has 3 aromatic carbocycles. The number of urea groups is 1. The highest BCUT2D eigenvalue weighted by atomic mass is 35.5. The summed E-state index contributed by atoms with van der Waals surface area (Å²) in [4.78, 5) is 37.1. The van der Waals surface area contributed by atoms with E-state index in [1.54, 1.807) is 41.0 Å². The van der Waals surface area contributed by atoms with E-state index in [0.29, 0.717) is 42.6 Å². The molecule has 2 aliphatic heterocycles. The number of halogens is 5. The van der Waals surface area contributed by atoms with E-state index in [4.69, 9.17) is 38.7 Å². The number of nitrogens with two attached hydrogens (primary N) is 1. The smallest absolute Gasteiger partial charge is 0.416 e. The quantitative estimate of drug-likeness (QED) is 0.254. The van der Waals surface area contributed by atoms with Crippen LogP contribution in [0, 0.1) is 0 Å². The van der Waals surface area contributed by atoms with Gasteiger partial charge in [0.25, 0.3) is 0 Å². The van der Waals surface area contributed by atoms with Crippen molar-refractivity contribution in [2.75, 3.05) is 32.8 Å². The van der Waals surface area contributed by atoms with E-state index in [2.05, 4.69) is 0 Å². The van der Waals surface area contributed by atoms with E-state index in [1.807, 2.05) is 36.1 Å². The molecule has 250 valence electrons. The second kappa shape index (κ2) is 14.5. The van der Waals surface area contributed by atoms with Crippen LogP contribution in [-0.4, -0.2) is 71.3 Å². The number of hydrogen-bond donors (Lipinski definition) is 1. The normalized spacial score (nSPS) is 19.4. The van der Waals surface area contributed by atoms with Gasteiger partial charge in [-0.15, -0.1) is 0 Å². The van der Waals surface area contributed by atoms with Gasteiger partial charge in [0.2, 0.25) is 5.91 Å². The Kier molecular flexibility index (Phi) is 10.7. The van der Waals surface area contributed by atoms with E-state index in [0.717, 1.165) is 29.7 Å². The first kappa shape index (κ1) is 34.5. The number of nitrogens with zero attached hydrogens (tertiary/aromatic N) is 4. The van der Waals surface area contributed by atoms with Gasteiger partial charge in [-0.05, 0) is 66.9 Å². The first-order valence-electron chi connectivity index (χ1n) is 15.5. The van der Waals surface area contributed by atoms with Gasteiger partial charge >= 0.3 is 12.2 Å². The van der Waals surface area contributed by atoms with Gasteiger partial charge in [-0.1, -0.05) is 60.8 Å². The summed E-state index contributed by atoms with van der Waals surface area (Å²) in [7, 11) is 0. The monoisotopic (exact) mass is 689 g/mol. The first-order chi connectivity index (χ1) is 22.4. The molecule has 0 bridgehead atoms. The van der Waals surface area contributed by atoms with E-state index < -0.39 is 35.8 Å². The van der Waals surface area contributed by atoms with Crippen molar-refractivity contribution < 1.29 is 27.5 Å². The molecule has 3 atom stereocenters. The van der Waals surface area contributed by atoms with Crippen LogP contribution in [0.4, 0.5) is 18.0 Å². The molecule has 47 heavy (non-hydrogen) atoms. The van der Waals surface area contributed by atoms with Gasteiger partial charge in [-0.25, -0.2) is 4.79 Å². The van der Waals surface area contributed by atoms with Crippen LogP contribution in [0.15, 0.2) is 71.7 Å². The molecule has 3 unspecified atom stereocenters. The fourth-order valence-electron chi connectivity index (χ4n) is 6.17. The number of alkyl halides is 3. The molecular formula is C34H36Cl2F3N5O3. The molecule has 8 nitrogen and oxygen atoms in total.